The molecule has 1 aromatic carbocycles. The number of nitriles is 1. The fourth-order valence-corrected chi connectivity index (χ4v) is 4.40. The average molecular weight is 396 g/mol. The lowest BCUT2D eigenvalue weighted by molar-refractivity contribution is 0.0967. The standard InChI is InChI=1S/C17H15Cl2N3O2S/c1-21-16(23)15-13(10-3-2-4-12(18)14(10)19)11(9-20)17(25-15)22-5-7-24-8-6-22/h2-4H,5-8H2,1H3,(H,21,23). The first-order valence-electron chi connectivity index (χ1n) is 7.64. The predicted octanol–water partition coefficient (Wildman–Crippen LogP) is 3.79. The van der Waals surface area contributed by atoms with Crippen molar-refractivity contribution in [3.8, 4) is 17.2 Å². The maximum atomic E-state index is 12.4. The highest BCUT2D eigenvalue weighted by Crippen LogP contribution is 2.45. The first-order chi connectivity index (χ1) is 12.1. The Morgan fingerprint density at radius 2 is 2.08 bits per heavy atom. The van der Waals surface area contributed by atoms with Crippen LogP contribution in [0.15, 0.2) is 18.2 Å². The largest absolute Gasteiger partial charge is 0.378 e. The van der Waals surface area contributed by atoms with Gasteiger partial charge in [-0.25, -0.2) is 0 Å². The van der Waals surface area contributed by atoms with Gasteiger partial charge in [0, 0.05) is 31.3 Å². The van der Waals surface area contributed by atoms with Crippen molar-refractivity contribution in [3.05, 3.63) is 38.7 Å². The summed E-state index contributed by atoms with van der Waals surface area (Å²) >= 11 is 13.8. The van der Waals surface area contributed by atoms with E-state index < -0.39 is 0 Å². The molecule has 0 saturated carbocycles. The van der Waals surface area contributed by atoms with E-state index >= 15 is 0 Å². The van der Waals surface area contributed by atoms with E-state index in [2.05, 4.69) is 16.3 Å². The van der Waals surface area contributed by atoms with Crippen molar-refractivity contribution in [1.82, 2.24) is 5.32 Å². The van der Waals surface area contributed by atoms with Crippen molar-refractivity contribution in [2.24, 2.45) is 0 Å². The zero-order chi connectivity index (χ0) is 18.0. The van der Waals surface area contributed by atoms with Gasteiger partial charge in [0.25, 0.3) is 5.91 Å². The molecule has 1 fully saturated rings. The van der Waals surface area contributed by atoms with Gasteiger partial charge in [-0.2, -0.15) is 5.26 Å². The minimum Gasteiger partial charge on any atom is -0.378 e. The number of hydrogen-bond acceptors (Lipinski definition) is 5. The second-order valence-corrected chi connectivity index (χ2v) is 7.16. The Kier molecular flexibility index (Phi) is 5.50. The van der Waals surface area contributed by atoms with E-state index in [4.69, 9.17) is 27.9 Å². The molecular formula is C17H15Cl2N3O2S. The Morgan fingerprint density at radius 3 is 2.72 bits per heavy atom. The summed E-state index contributed by atoms with van der Waals surface area (Å²) in [5, 5.41) is 13.9. The summed E-state index contributed by atoms with van der Waals surface area (Å²) in [4.78, 5) is 15.0. The number of ether oxygens (including phenoxy) is 1. The number of nitrogens with one attached hydrogen (secondary N) is 1. The normalized spacial score (nSPS) is 14.2. The summed E-state index contributed by atoms with van der Waals surface area (Å²) < 4.78 is 5.38. The van der Waals surface area contributed by atoms with Gasteiger partial charge in [-0.1, -0.05) is 35.3 Å². The van der Waals surface area contributed by atoms with Gasteiger partial charge in [-0.15, -0.1) is 11.3 Å². The third-order valence-electron chi connectivity index (χ3n) is 3.95. The molecule has 1 aliphatic heterocycles. The molecule has 3 rings (SSSR count). The fourth-order valence-electron chi connectivity index (χ4n) is 2.74. The van der Waals surface area contributed by atoms with Crippen LogP contribution in [0.4, 0.5) is 5.00 Å². The van der Waals surface area contributed by atoms with E-state index in [-0.39, 0.29) is 5.91 Å². The summed E-state index contributed by atoms with van der Waals surface area (Å²) in [5.41, 5.74) is 1.55. The summed E-state index contributed by atoms with van der Waals surface area (Å²) in [7, 11) is 1.56. The Bertz CT molecular complexity index is 854. The van der Waals surface area contributed by atoms with E-state index in [1.165, 1.54) is 11.3 Å². The van der Waals surface area contributed by atoms with Gasteiger partial charge in [-0.3, -0.25) is 4.79 Å². The van der Waals surface area contributed by atoms with Gasteiger partial charge < -0.3 is 15.0 Å². The summed E-state index contributed by atoms with van der Waals surface area (Å²) in [5.74, 6) is -0.257. The van der Waals surface area contributed by atoms with Gasteiger partial charge in [0.05, 0.1) is 28.8 Å². The van der Waals surface area contributed by atoms with Gasteiger partial charge >= 0.3 is 0 Å². The van der Waals surface area contributed by atoms with Crippen LogP contribution in [0.1, 0.15) is 15.2 Å². The minimum absolute atomic E-state index is 0.257. The molecule has 130 valence electrons. The average Bonchev–Trinajstić information content (AvgIpc) is 3.03. The van der Waals surface area contributed by atoms with Crippen molar-refractivity contribution in [1.29, 1.82) is 5.26 Å². The highest BCUT2D eigenvalue weighted by molar-refractivity contribution is 7.19. The topological polar surface area (TPSA) is 65.4 Å². The Labute approximate surface area is 159 Å². The molecule has 1 amide bonds. The van der Waals surface area contributed by atoms with Crippen LogP contribution in [0.5, 0.6) is 0 Å². The lowest BCUT2D eigenvalue weighted by Gasteiger charge is -2.27. The van der Waals surface area contributed by atoms with Crippen LogP contribution in [0.2, 0.25) is 10.0 Å². The first-order valence-corrected chi connectivity index (χ1v) is 9.21. The quantitative estimate of drug-likeness (QED) is 0.858. The smallest absolute Gasteiger partial charge is 0.261 e. The van der Waals surface area contributed by atoms with Crippen molar-refractivity contribution in [3.63, 3.8) is 0 Å². The number of anilines is 1. The highest BCUT2D eigenvalue weighted by atomic mass is 35.5. The van der Waals surface area contributed by atoms with Crippen LogP contribution >= 0.6 is 34.5 Å². The number of benzene rings is 1. The summed E-state index contributed by atoms with van der Waals surface area (Å²) in [6.45, 7) is 2.52. The molecule has 0 aliphatic carbocycles. The molecule has 25 heavy (non-hydrogen) atoms. The number of nitrogens with zero attached hydrogens (tertiary/aromatic N) is 2. The monoisotopic (exact) mass is 395 g/mol. The maximum Gasteiger partial charge on any atom is 0.261 e. The molecule has 0 radical (unpaired) electrons. The molecule has 2 heterocycles. The Balaban J connectivity index is 2.25. The van der Waals surface area contributed by atoms with Gasteiger partial charge in [0.15, 0.2) is 0 Å². The molecule has 0 unspecified atom stereocenters. The van der Waals surface area contributed by atoms with Crippen LogP contribution in [-0.2, 0) is 4.74 Å². The second kappa shape index (κ2) is 7.63. The zero-order valence-electron chi connectivity index (χ0n) is 13.4. The molecule has 1 N–H and O–H groups in total. The number of amides is 1. The van der Waals surface area contributed by atoms with Gasteiger partial charge in [0.1, 0.15) is 15.9 Å². The van der Waals surface area contributed by atoms with Gasteiger partial charge in [0.2, 0.25) is 0 Å². The molecule has 1 saturated heterocycles. The molecule has 5 nitrogen and oxygen atoms in total. The predicted molar refractivity (Wildman–Crippen MR) is 101 cm³/mol. The third kappa shape index (κ3) is 3.33. The molecule has 0 atom stereocenters. The molecule has 0 bridgehead atoms. The van der Waals surface area contributed by atoms with Crippen molar-refractivity contribution >= 4 is 45.4 Å². The fraction of sp³-hybridized carbons (Fsp3) is 0.294. The number of carbonyl (C=O) groups is 1. The Morgan fingerprint density at radius 1 is 1.36 bits per heavy atom. The Hall–Kier alpha value is -1.78. The number of rotatable bonds is 3. The van der Waals surface area contributed by atoms with Crippen LogP contribution in [-0.4, -0.2) is 39.3 Å². The van der Waals surface area contributed by atoms with E-state index in [1.54, 1.807) is 25.2 Å². The third-order valence-corrected chi connectivity index (χ3v) is 6.02. The number of hydrogen-bond donors (Lipinski definition) is 1. The SMILES string of the molecule is CNC(=O)c1sc(N2CCOCC2)c(C#N)c1-c1cccc(Cl)c1Cl. The number of thiophene rings is 1. The summed E-state index contributed by atoms with van der Waals surface area (Å²) in [6, 6.07) is 7.45. The van der Waals surface area contributed by atoms with E-state index in [0.717, 1.165) is 5.00 Å². The van der Waals surface area contributed by atoms with Gasteiger partial charge in [-0.05, 0) is 6.07 Å². The zero-order valence-corrected chi connectivity index (χ0v) is 15.8. The molecule has 2 aromatic rings. The van der Waals surface area contributed by atoms with E-state index in [9.17, 15) is 10.1 Å². The second-order valence-electron chi connectivity index (χ2n) is 5.38. The maximum absolute atomic E-state index is 12.4. The van der Waals surface area contributed by atoms with Crippen molar-refractivity contribution in [2.45, 2.75) is 0 Å². The number of carbonyl (C=O) groups excluding carboxylic acids is 1. The lowest BCUT2D eigenvalue weighted by Crippen LogP contribution is -2.36. The summed E-state index contributed by atoms with van der Waals surface area (Å²) in [6.07, 6.45) is 0. The molecule has 1 aromatic heterocycles. The lowest BCUT2D eigenvalue weighted by atomic mass is 10.0. The van der Waals surface area contributed by atoms with E-state index in [1.807, 2.05) is 0 Å². The molecule has 0 spiro atoms. The first kappa shape index (κ1) is 18.0. The van der Waals surface area contributed by atoms with Crippen LogP contribution < -0.4 is 10.2 Å². The number of morpholine rings is 1. The number of halogens is 2. The molecular weight excluding hydrogens is 381 g/mol. The molecule has 8 heteroatoms. The minimum atomic E-state index is -0.257. The molecule has 1 aliphatic rings. The van der Waals surface area contributed by atoms with Crippen molar-refractivity contribution in [2.75, 3.05) is 38.3 Å². The highest BCUT2D eigenvalue weighted by Gasteiger charge is 2.28. The van der Waals surface area contributed by atoms with Crippen LogP contribution in [0.3, 0.4) is 0 Å². The van der Waals surface area contributed by atoms with Crippen LogP contribution in [0.25, 0.3) is 11.1 Å². The van der Waals surface area contributed by atoms with Crippen LogP contribution in [0, 0.1) is 11.3 Å². The van der Waals surface area contributed by atoms with E-state index in [0.29, 0.717) is 57.9 Å². The van der Waals surface area contributed by atoms with Crippen molar-refractivity contribution < 1.29 is 9.53 Å².